The molecule has 2 rings (SSSR count). The first-order valence-electron chi connectivity index (χ1n) is 5.61. The zero-order chi connectivity index (χ0) is 12.4. The van der Waals surface area contributed by atoms with Crippen LogP contribution in [0.1, 0.15) is 5.56 Å². The van der Waals surface area contributed by atoms with Gasteiger partial charge in [0.05, 0.1) is 17.6 Å². The Kier molecular flexibility index (Phi) is 4.95. The van der Waals surface area contributed by atoms with Crippen LogP contribution in [-0.2, 0) is 20.6 Å². The van der Waals surface area contributed by atoms with Crippen molar-refractivity contribution in [3.63, 3.8) is 0 Å². The molecule has 18 heavy (non-hydrogen) atoms. The smallest absolute Gasteiger partial charge is 0.328 e. The first kappa shape index (κ1) is 14.8. The van der Waals surface area contributed by atoms with Crippen molar-refractivity contribution in [2.45, 2.75) is 6.54 Å². The van der Waals surface area contributed by atoms with Gasteiger partial charge in [-0.1, -0.05) is 6.07 Å². The second-order valence-corrected chi connectivity index (χ2v) is 4.12. The lowest BCUT2D eigenvalue weighted by molar-refractivity contribution is -0.00000473. The highest BCUT2D eigenvalue weighted by Crippen LogP contribution is 2.13. The van der Waals surface area contributed by atoms with E-state index in [0.717, 1.165) is 16.6 Å². The highest BCUT2D eigenvalue weighted by Gasteiger charge is 2.07. The molecule has 0 spiro atoms. The number of hydrogen-bond donors (Lipinski definition) is 2. The SMILES string of the molecule is Cn1c(=O)n(C)c2cc(CNCCO)ccc21.[Cl-]. The third-order valence-corrected chi connectivity index (χ3v) is 2.95. The molecule has 0 saturated heterocycles. The summed E-state index contributed by atoms with van der Waals surface area (Å²) in [5.41, 5.74) is 2.96. The number of rotatable bonds is 4. The summed E-state index contributed by atoms with van der Waals surface area (Å²) in [6.07, 6.45) is 0. The van der Waals surface area contributed by atoms with Crippen LogP contribution < -0.4 is 23.4 Å². The maximum atomic E-state index is 11.7. The maximum absolute atomic E-state index is 11.7. The van der Waals surface area contributed by atoms with Crippen molar-refractivity contribution >= 4 is 11.0 Å². The number of aliphatic hydroxyl groups excluding tert-OH is 1. The number of fused-ring (bicyclic) bond motifs is 1. The molecule has 1 aromatic heterocycles. The number of aryl methyl sites for hydroxylation is 2. The highest BCUT2D eigenvalue weighted by atomic mass is 35.5. The molecular formula is C12H17ClN3O2-. The molecule has 2 N–H and O–H groups in total. The molecule has 0 aliphatic carbocycles. The largest absolute Gasteiger partial charge is 1.00 e. The molecule has 5 nitrogen and oxygen atoms in total. The van der Waals surface area contributed by atoms with E-state index in [2.05, 4.69) is 5.32 Å². The maximum Gasteiger partial charge on any atom is 0.328 e. The van der Waals surface area contributed by atoms with Crippen LogP contribution in [0.3, 0.4) is 0 Å². The Morgan fingerprint density at radius 3 is 2.56 bits per heavy atom. The normalized spacial score (nSPS) is 10.6. The lowest BCUT2D eigenvalue weighted by Gasteiger charge is -2.04. The van der Waals surface area contributed by atoms with Crippen molar-refractivity contribution in [1.29, 1.82) is 0 Å². The predicted octanol–water partition coefficient (Wildman–Crippen LogP) is -3.04. The minimum absolute atomic E-state index is 0. The second-order valence-electron chi connectivity index (χ2n) is 4.12. The number of nitrogens with zero attached hydrogens (tertiary/aromatic N) is 2. The Labute approximate surface area is 111 Å². The van der Waals surface area contributed by atoms with Crippen LogP contribution in [-0.4, -0.2) is 27.4 Å². The van der Waals surface area contributed by atoms with Gasteiger partial charge in [0.15, 0.2) is 0 Å². The summed E-state index contributed by atoms with van der Waals surface area (Å²) in [5.74, 6) is 0. The van der Waals surface area contributed by atoms with E-state index in [4.69, 9.17) is 5.11 Å². The summed E-state index contributed by atoms with van der Waals surface area (Å²) in [4.78, 5) is 11.7. The molecule has 100 valence electrons. The van der Waals surface area contributed by atoms with Crippen LogP contribution in [0.2, 0.25) is 0 Å². The van der Waals surface area contributed by atoms with Gasteiger partial charge >= 0.3 is 5.69 Å². The molecule has 2 aromatic rings. The molecule has 1 heterocycles. The zero-order valence-corrected chi connectivity index (χ0v) is 11.2. The Balaban J connectivity index is 0.00000162. The van der Waals surface area contributed by atoms with Gasteiger partial charge in [-0.25, -0.2) is 4.79 Å². The molecule has 6 heteroatoms. The van der Waals surface area contributed by atoms with E-state index in [1.165, 1.54) is 0 Å². The van der Waals surface area contributed by atoms with Crippen molar-refractivity contribution in [3.8, 4) is 0 Å². The van der Waals surface area contributed by atoms with Gasteiger partial charge in [0, 0.05) is 27.2 Å². The van der Waals surface area contributed by atoms with Gasteiger partial charge in [-0.3, -0.25) is 9.13 Å². The van der Waals surface area contributed by atoms with E-state index in [0.29, 0.717) is 13.1 Å². The first-order valence-corrected chi connectivity index (χ1v) is 5.61. The fourth-order valence-corrected chi connectivity index (χ4v) is 1.97. The number of aromatic nitrogens is 2. The van der Waals surface area contributed by atoms with Crippen molar-refractivity contribution in [2.24, 2.45) is 14.1 Å². The molecule has 0 radical (unpaired) electrons. The van der Waals surface area contributed by atoms with E-state index < -0.39 is 0 Å². The minimum atomic E-state index is -0.0135. The molecular weight excluding hydrogens is 254 g/mol. The number of halogens is 1. The van der Waals surface area contributed by atoms with Crippen LogP contribution >= 0.6 is 0 Å². The lowest BCUT2D eigenvalue weighted by atomic mass is 10.2. The van der Waals surface area contributed by atoms with Crippen LogP contribution in [0.5, 0.6) is 0 Å². The lowest BCUT2D eigenvalue weighted by Crippen LogP contribution is -3.00. The first-order chi connectivity index (χ1) is 8.15. The van der Waals surface area contributed by atoms with Crippen molar-refractivity contribution in [2.75, 3.05) is 13.2 Å². The van der Waals surface area contributed by atoms with Crippen LogP contribution in [0.4, 0.5) is 0 Å². The summed E-state index contributed by atoms with van der Waals surface area (Å²) in [5, 5.41) is 11.8. The molecule has 0 fully saturated rings. The average molecular weight is 271 g/mol. The van der Waals surface area contributed by atoms with E-state index in [1.807, 2.05) is 18.2 Å². The number of nitrogens with one attached hydrogen (secondary N) is 1. The average Bonchev–Trinajstić information content (AvgIpc) is 2.55. The predicted molar refractivity (Wildman–Crippen MR) is 67.0 cm³/mol. The van der Waals surface area contributed by atoms with Gasteiger partial charge in [0.1, 0.15) is 0 Å². The Hall–Kier alpha value is -1.30. The summed E-state index contributed by atoms with van der Waals surface area (Å²) >= 11 is 0. The monoisotopic (exact) mass is 270 g/mol. The minimum Gasteiger partial charge on any atom is -1.00 e. The second kappa shape index (κ2) is 6.04. The van der Waals surface area contributed by atoms with Crippen LogP contribution in [0.25, 0.3) is 11.0 Å². The quantitative estimate of drug-likeness (QED) is 0.581. The molecule has 0 amide bonds. The highest BCUT2D eigenvalue weighted by molar-refractivity contribution is 5.76. The summed E-state index contributed by atoms with van der Waals surface area (Å²) in [6, 6.07) is 5.94. The Morgan fingerprint density at radius 2 is 1.89 bits per heavy atom. The third-order valence-electron chi connectivity index (χ3n) is 2.95. The molecule has 0 saturated carbocycles. The molecule has 1 aromatic carbocycles. The van der Waals surface area contributed by atoms with E-state index in [-0.39, 0.29) is 24.7 Å². The standard InChI is InChI=1S/C12H17N3O2.ClH/c1-14-10-4-3-9(8-13-5-6-16)7-11(10)15(2)12(14)17;/h3-4,7,13,16H,5-6,8H2,1-2H3;1H/p-1. The molecule has 0 aliphatic heterocycles. The van der Waals surface area contributed by atoms with Gasteiger partial charge in [0.25, 0.3) is 0 Å². The van der Waals surface area contributed by atoms with E-state index in [9.17, 15) is 4.79 Å². The van der Waals surface area contributed by atoms with E-state index >= 15 is 0 Å². The Bertz CT molecular complexity index is 589. The van der Waals surface area contributed by atoms with Gasteiger partial charge in [-0.15, -0.1) is 0 Å². The van der Waals surface area contributed by atoms with Crippen molar-refractivity contribution < 1.29 is 17.5 Å². The van der Waals surface area contributed by atoms with Gasteiger partial charge in [-0.2, -0.15) is 0 Å². The number of benzene rings is 1. The molecule has 0 atom stereocenters. The number of imidazole rings is 1. The molecule has 0 aliphatic rings. The van der Waals surface area contributed by atoms with Crippen LogP contribution in [0, 0.1) is 0 Å². The zero-order valence-electron chi connectivity index (χ0n) is 10.5. The molecule has 0 bridgehead atoms. The summed E-state index contributed by atoms with van der Waals surface area (Å²) < 4.78 is 3.28. The summed E-state index contributed by atoms with van der Waals surface area (Å²) in [6.45, 7) is 1.40. The summed E-state index contributed by atoms with van der Waals surface area (Å²) in [7, 11) is 3.55. The Morgan fingerprint density at radius 1 is 1.22 bits per heavy atom. The van der Waals surface area contributed by atoms with Gasteiger partial charge in [-0.05, 0) is 17.7 Å². The number of aliphatic hydroxyl groups is 1. The topological polar surface area (TPSA) is 59.2 Å². The van der Waals surface area contributed by atoms with Crippen LogP contribution in [0.15, 0.2) is 23.0 Å². The fourth-order valence-electron chi connectivity index (χ4n) is 1.97. The molecule has 0 unspecified atom stereocenters. The third kappa shape index (κ3) is 2.58. The van der Waals surface area contributed by atoms with Crippen molar-refractivity contribution in [1.82, 2.24) is 14.5 Å². The number of hydrogen-bond acceptors (Lipinski definition) is 3. The van der Waals surface area contributed by atoms with E-state index in [1.54, 1.807) is 23.2 Å². The van der Waals surface area contributed by atoms with Gasteiger partial charge < -0.3 is 22.8 Å². The fraction of sp³-hybridized carbons (Fsp3) is 0.417. The van der Waals surface area contributed by atoms with Gasteiger partial charge in [0.2, 0.25) is 0 Å². The van der Waals surface area contributed by atoms with Crippen molar-refractivity contribution in [3.05, 3.63) is 34.2 Å².